The molecule has 22 heavy (non-hydrogen) atoms. The van der Waals surface area contributed by atoms with Gasteiger partial charge < -0.3 is 15.3 Å². The summed E-state index contributed by atoms with van der Waals surface area (Å²) in [6, 6.07) is 8.34. The summed E-state index contributed by atoms with van der Waals surface area (Å²) >= 11 is 0. The van der Waals surface area contributed by atoms with Gasteiger partial charge in [-0.3, -0.25) is 0 Å². The molecule has 0 bridgehead atoms. The van der Waals surface area contributed by atoms with Crippen LogP contribution >= 0.6 is 0 Å². The fourth-order valence-electron chi connectivity index (χ4n) is 3.17. The van der Waals surface area contributed by atoms with Crippen LogP contribution in [0.25, 0.3) is 0 Å². The third-order valence-corrected chi connectivity index (χ3v) is 4.30. The highest BCUT2D eigenvalue weighted by molar-refractivity contribution is 5.74. The van der Waals surface area contributed by atoms with E-state index in [1.165, 1.54) is 11.1 Å². The number of rotatable bonds is 6. The molecule has 0 aliphatic carbocycles. The van der Waals surface area contributed by atoms with Crippen LogP contribution in [0.3, 0.4) is 0 Å². The Morgan fingerprint density at radius 1 is 1.32 bits per heavy atom. The van der Waals surface area contributed by atoms with E-state index >= 15 is 0 Å². The van der Waals surface area contributed by atoms with Crippen molar-refractivity contribution in [1.82, 2.24) is 10.2 Å². The lowest BCUT2D eigenvalue weighted by atomic mass is 9.94. The van der Waals surface area contributed by atoms with Crippen LogP contribution < -0.4 is 5.32 Å². The molecule has 122 valence electrons. The topological polar surface area (TPSA) is 52.6 Å². The van der Waals surface area contributed by atoms with E-state index in [2.05, 4.69) is 37.4 Å². The van der Waals surface area contributed by atoms with E-state index in [1.807, 2.05) is 11.0 Å². The van der Waals surface area contributed by atoms with E-state index in [1.54, 1.807) is 0 Å². The molecule has 0 fully saturated rings. The molecule has 0 radical (unpaired) electrons. The maximum absolute atomic E-state index is 12.4. The third kappa shape index (κ3) is 4.73. The SMILES string of the molecule is CC(C)CC(CCO)CNC(=O)N1CCc2ccccc2C1. The van der Waals surface area contributed by atoms with Crippen LogP contribution in [0.4, 0.5) is 4.79 Å². The number of fused-ring (bicyclic) bond motifs is 1. The van der Waals surface area contributed by atoms with Crippen molar-refractivity contribution in [1.29, 1.82) is 0 Å². The van der Waals surface area contributed by atoms with Crippen molar-refractivity contribution in [2.75, 3.05) is 19.7 Å². The molecular formula is C18H28N2O2. The number of amides is 2. The molecule has 4 heteroatoms. The monoisotopic (exact) mass is 304 g/mol. The fraction of sp³-hybridized carbons (Fsp3) is 0.611. The Labute approximate surface area is 133 Å². The summed E-state index contributed by atoms with van der Waals surface area (Å²) in [6.45, 7) is 6.65. The lowest BCUT2D eigenvalue weighted by Crippen LogP contribution is -2.44. The number of carbonyl (C=O) groups is 1. The first-order chi connectivity index (χ1) is 10.6. The van der Waals surface area contributed by atoms with E-state index < -0.39 is 0 Å². The van der Waals surface area contributed by atoms with Crippen molar-refractivity contribution in [3.05, 3.63) is 35.4 Å². The average Bonchev–Trinajstić information content (AvgIpc) is 2.51. The minimum Gasteiger partial charge on any atom is -0.396 e. The average molecular weight is 304 g/mol. The van der Waals surface area contributed by atoms with Crippen LogP contribution in [0.5, 0.6) is 0 Å². The number of hydrogen-bond acceptors (Lipinski definition) is 2. The lowest BCUT2D eigenvalue weighted by Gasteiger charge is -2.29. The summed E-state index contributed by atoms with van der Waals surface area (Å²) < 4.78 is 0. The van der Waals surface area contributed by atoms with Crippen LogP contribution in [-0.4, -0.2) is 35.7 Å². The molecule has 1 aromatic rings. The van der Waals surface area contributed by atoms with Gasteiger partial charge in [-0.2, -0.15) is 0 Å². The smallest absolute Gasteiger partial charge is 0.317 e. The van der Waals surface area contributed by atoms with Crippen molar-refractivity contribution in [3.63, 3.8) is 0 Å². The normalized spacial score (nSPS) is 15.5. The van der Waals surface area contributed by atoms with Gasteiger partial charge in [-0.15, -0.1) is 0 Å². The highest BCUT2D eigenvalue weighted by Gasteiger charge is 2.21. The first-order valence-corrected chi connectivity index (χ1v) is 8.30. The number of aliphatic hydroxyl groups is 1. The predicted octanol–water partition coefficient (Wildman–Crippen LogP) is 2.80. The maximum Gasteiger partial charge on any atom is 0.317 e. The first-order valence-electron chi connectivity index (χ1n) is 8.30. The maximum atomic E-state index is 12.4. The standard InChI is InChI=1S/C18H28N2O2/c1-14(2)11-15(8-10-21)12-19-18(22)20-9-7-16-5-3-4-6-17(16)13-20/h3-6,14-15,21H,7-13H2,1-2H3,(H,19,22). The van der Waals surface area contributed by atoms with Crippen LogP contribution in [-0.2, 0) is 13.0 Å². The van der Waals surface area contributed by atoms with Crippen molar-refractivity contribution in [3.8, 4) is 0 Å². The minimum atomic E-state index is 0.0150. The van der Waals surface area contributed by atoms with Crippen molar-refractivity contribution in [2.45, 2.75) is 39.7 Å². The van der Waals surface area contributed by atoms with Crippen LogP contribution in [0.1, 0.15) is 37.8 Å². The summed E-state index contributed by atoms with van der Waals surface area (Å²) in [7, 11) is 0. The zero-order chi connectivity index (χ0) is 15.9. The second-order valence-corrected chi connectivity index (χ2v) is 6.63. The van der Waals surface area contributed by atoms with Crippen molar-refractivity contribution in [2.24, 2.45) is 11.8 Å². The third-order valence-electron chi connectivity index (χ3n) is 4.30. The summed E-state index contributed by atoms with van der Waals surface area (Å²) in [5.74, 6) is 0.932. The molecule has 2 rings (SSSR count). The number of carbonyl (C=O) groups excluding carboxylic acids is 1. The molecule has 0 spiro atoms. The van der Waals surface area contributed by atoms with Crippen LogP contribution in [0, 0.1) is 11.8 Å². The Morgan fingerprint density at radius 2 is 2.05 bits per heavy atom. The summed E-state index contributed by atoms with van der Waals surface area (Å²) in [6.07, 6.45) is 2.71. The molecule has 0 saturated carbocycles. The molecular weight excluding hydrogens is 276 g/mol. The van der Waals surface area contributed by atoms with Gasteiger partial charge in [-0.25, -0.2) is 4.79 Å². The number of aliphatic hydroxyl groups excluding tert-OH is 1. The Hall–Kier alpha value is -1.55. The Balaban J connectivity index is 1.85. The molecule has 1 aromatic carbocycles. The molecule has 1 aliphatic rings. The van der Waals surface area contributed by atoms with Gasteiger partial charge in [0.15, 0.2) is 0 Å². The van der Waals surface area contributed by atoms with Gasteiger partial charge >= 0.3 is 6.03 Å². The van der Waals surface area contributed by atoms with Gasteiger partial charge in [0.1, 0.15) is 0 Å². The number of nitrogens with zero attached hydrogens (tertiary/aromatic N) is 1. The minimum absolute atomic E-state index is 0.0150. The lowest BCUT2D eigenvalue weighted by molar-refractivity contribution is 0.186. The number of benzene rings is 1. The first kappa shape index (κ1) is 16.8. The van der Waals surface area contributed by atoms with E-state index in [-0.39, 0.29) is 12.6 Å². The number of hydrogen-bond donors (Lipinski definition) is 2. The van der Waals surface area contributed by atoms with Gasteiger partial charge in [0.05, 0.1) is 0 Å². The summed E-state index contributed by atoms with van der Waals surface area (Å²) in [5.41, 5.74) is 2.60. The zero-order valence-electron chi connectivity index (χ0n) is 13.7. The van der Waals surface area contributed by atoms with E-state index in [9.17, 15) is 4.79 Å². The molecule has 1 unspecified atom stereocenters. The van der Waals surface area contributed by atoms with Crippen molar-refractivity contribution >= 4 is 6.03 Å². The van der Waals surface area contributed by atoms with Crippen molar-refractivity contribution < 1.29 is 9.90 Å². The second-order valence-electron chi connectivity index (χ2n) is 6.63. The quantitative estimate of drug-likeness (QED) is 0.849. The molecule has 1 heterocycles. The number of urea groups is 1. The van der Waals surface area contributed by atoms with E-state index in [4.69, 9.17) is 5.11 Å². The molecule has 2 N–H and O–H groups in total. The Morgan fingerprint density at radius 3 is 2.73 bits per heavy atom. The highest BCUT2D eigenvalue weighted by atomic mass is 16.3. The molecule has 0 aromatic heterocycles. The Bertz CT molecular complexity index is 488. The van der Waals surface area contributed by atoms with Crippen LogP contribution in [0.15, 0.2) is 24.3 Å². The fourth-order valence-corrected chi connectivity index (χ4v) is 3.17. The van der Waals surface area contributed by atoms with E-state index in [0.717, 1.165) is 25.8 Å². The molecule has 1 atom stereocenters. The van der Waals surface area contributed by atoms with Gasteiger partial charge in [-0.1, -0.05) is 38.1 Å². The van der Waals surface area contributed by atoms with Gasteiger partial charge in [0.25, 0.3) is 0 Å². The largest absolute Gasteiger partial charge is 0.396 e. The Kier molecular flexibility index (Phi) is 6.25. The second kappa shape index (κ2) is 8.18. The number of nitrogens with one attached hydrogen (secondary N) is 1. The predicted molar refractivity (Wildman–Crippen MR) is 88.6 cm³/mol. The van der Waals surface area contributed by atoms with Gasteiger partial charge in [-0.05, 0) is 42.2 Å². The highest BCUT2D eigenvalue weighted by Crippen LogP contribution is 2.19. The summed E-state index contributed by atoms with van der Waals surface area (Å²) in [5, 5.41) is 12.2. The van der Waals surface area contributed by atoms with Crippen LogP contribution in [0.2, 0.25) is 0 Å². The van der Waals surface area contributed by atoms with Gasteiger partial charge in [0.2, 0.25) is 0 Å². The molecule has 4 nitrogen and oxygen atoms in total. The van der Waals surface area contributed by atoms with Gasteiger partial charge in [0, 0.05) is 26.2 Å². The molecule has 0 saturated heterocycles. The summed E-state index contributed by atoms with van der Waals surface area (Å²) in [4.78, 5) is 14.2. The molecule has 1 aliphatic heterocycles. The molecule has 2 amide bonds. The zero-order valence-corrected chi connectivity index (χ0v) is 13.7. The van der Waals surface area contributed by atoms with E-state index in [0.29, 0.717) is 24.9 Å².